The molecule has 1 fully saturated rings. The maximum absolute atomic E-state index is 13.0. The first-order valence-electron chi connectivity index (χ1n) is 5.38. The molecule has 1 heterocycles. The van der Waals surface area contributed by atoms with Gasteiger partial charge in [-0.1, -0.05) is 11.6 Å². The molecule has 1 aliphatic rings. The lowest BCUT2D eigenvalue weighted by Gasteiger charge is -2.12. The van der Waals surface area contributed by atoms with Crippen LogP contribution in [0.5, 0.6) is 0 Å². The lowest BCUT2D eigenvalue weighted by molar-refractivity contribution is -0.122. The highest BCUT2D eigenvalue weighted by molar-refractivity contribution is 6.31. The van der Waals surface area contributed by atoms with Crippen LogP contribution in [0.3, 0.4) is 0 Å². The molecule has 2 unspecified atom stereocenters. The molecule has 1 aliphatic heterocycles. The molecule has 1 aromatic carbocycles. The number of benzene rings is 1. The number of carbonyl (C=O) groups excluding carboxylic acids is 1. The fourth-order valence-electron chi connectivity index (χ4n) is 1.90. The van der Waals surface area contributed by atoms with Crippen molar-refractivity contribution in [2.24, 2.45) is 11.7 Å². The van der Waals surface area contributed by atoms with E-state index in [4.69, 9.17) is 22.1 Å². The van der Waals surface area contributed by atoms with Crippen molar-refractivity contribution in [3.63, 3.8) is 0 Å². The Morgan fingerprint density at radius 1 is 1.53 bits per heavy atom. The van der Waals surface area contributed by atoms with Gasteiger partial charge in [-0.25, -0.2) is 4.39 Å². The number of ketones is 1. The second-order valence-corrected chi connectivity index (χ2v) is 4.59. The quantitative estimate of drug-likeness (QED) is 0.894. The van der Waals surface area contributed by atoms with Crippen LogP contribution in [0.2, 0.25) is 5.02 Å². The van der Waals surface area contributed by atoms with E-state index in [1.54, 1.807) is 0 Å². The Morgan fingerprint density at radius 2 is 2.29 bits per heavy atom. The minimum atomic E-state index is -0.399. The average molecular weight is 258 g/mol. The molecule has 0 saturated carbocycles. The SMILES string of the molecule is NC1COCC1C(=O)Cc1cc(F)ccc1Cl. The van der Waals surface area contributed by atoms with Crippen LogP contribution in [0.15, 0.2) is 18.2 Å². The van der Waals surface area contributed by atoms with Crippen LogP contribution in [0.4, 0.5) is 4.39 Å². The Labute approximate surface area is 104 Å². The average Bonchev–Trinajstić information content (AvgIpc) is 2.70. The smallest absolute Gasteiger partial charge is 0.144 e. The number of hydrogen-bond acceptors (Lipinski definition) is 3. The van der Waals surface area contributed by atoms with E-state index in [9.17, 15) is 9.18 Å². The van der Waals surface area contributed by atoms with Crippen molar-refractivity contribution in [1.29, 1.82) is 0 Å². The van der Waals surface area contributed by atoms with Crippen LogP contribution >= 0.6 is 11.6 Å². The minimum Gasteiger partial charge on any atom is -0.379 e. The molecule has 2 N–H and O–H groups in total. The first-order chi connectivity index (χ1) is 8.08. The third-order valence-corrected chi connectivity index (χ3v) is 3.28. The van der Waals surface area contributed by atoms with Gasteiger partial charge in [-0.05, 0) is 23.8 Å². The molecule has 0 aromatic heterocycles. The van der Waals surface area contributed by atoms with Gasteiger partial charge in [0.25, 0.3) is 0 Å². The molecule has 0 aliphatic carbocycles. The number of ether oxygens (including phenoxy) is 1. The van der Waals surface area contributed by atoms with Gasteiger partial charge in [0.05, 0.1) is 19.1 Å². The van der Waals surface area contributed by atoms with Crippen molar-refractivity contribution in [2.75, 3.05) is 13.2 Å². The Balaban J connectivity index is 2.10. The summed E-state index contributed by atoms with van der Waals surface area (Å²) in [5.74, 6) is -0.763. The van der Waals surface area contributed by atoms with Crippen LogP contribution in [0.25, 0.3) is 0 Å². The Bertz CT molecular complexity index is 439. The molecule has 0 spiro atoms. The van der Waals surface area contributed by atoms with Crippen LogP contribution in [-0.2, 0) is 16.0 Å². The van der Waals surface area contributed by atoms with E-state index >= 15 is 0 Å². The molecule has 1 saturated heterocycles. The minimum absolute atomic E-state index is 0.0532. The number of rotatable bonds is 3. The summed E-state index contributed by atoms with van der Waals surface area (Å²) in [7, 11) is 0. The van der Waals surface area contributed by atoms with E-state index in [1.807, 2.05) is 0 Å². The molecule has 2 atom stereocenters. The van der Waals surface area contributed by atoms with Crippen molar-refractivity contribution < 1.29 is 13.9 Å². The Hall–Kier alpha value is -0.970. The Morgan fingerprint density at radius 3 is 2.94 bits per heavy atom. The summed E-state index contributed by atoms with van der Waals surface area (Å²) in [4.78, 5) is 11.9. The molecule has 92 valence electrons. The van der Waals surface area contributed by atoms with Crippen molar-refractivity contribution in [1.82, 2.24) is 0 Å². The standard InChI is InChI=1S/C12H13ClFNO2/c13-10-2-1-8(14)3-7(10)4-12(16)9-5-17-6-11(9)15/h1-3,9,11H,4-6,15H2. The zero-order chi connectivity index (χ0) is 12.4. The zero-order valence-corrected chi connectivity index (χ0v) is 9.91. The van der Waals surface area contributed by atoms with E-state index in [-0.39, 0.29) is 24.2 Å². The summed E-state index contributed by atoms with van der Waals surface area (Å²) in [6, 6.07) is 3.72. The monoisotopic (exact) mass is 257 g/mol. The summed E-state index contributed by atoms with van der Waals surface area (Å²) in [5.41, 5.74) is 6.24. The number of halogens is 2. The molecule has 17 heavy (non-hydrogen) atoms. The summed E-state index contributed by atoms with van der Waals surface area (Å²) < 4.78 is 18.2. The van der Waals surface area contributed by atoms with E-state index in [1.165, 1.54) is 18.2 Å². The topological polar surface area (TPSA) is 52.3 Å². The summed E-state index contributed by atoms with van der Waals surface area (Å²) >= 11 is 5.90. The van der Waals surface area contributed by atoms with Gasteiger partial charge in [0.2, 0.25) is 0 Å². The van der Waals surface area contributed by atoms with E-state index in [2.05, 4.69) is 0 Å². The van der Waals surface area contributed by atoms with Gasteiger partial charge in [-0.15, -0.1) is 0 Å². The second kappa shape index (κ2) is 5.12. The van der Waals surface area contributed by atoms with Gasteiger partial charge in [-0.2, -0.15) is 0 Å². The fourth-order valence-corrected chi connectivity index (χ4v) is 2.08. The van der Waals surface area contributed by atoms with Crippen LogP contribution < -0.4 is 5.73 Å². The molecule has 0 radical (unpaired) electrons. The summed E-state index contributed by atoms with van der Waals surface area (Å²) in [6.07, 6.45) is 0.0956. The number of nitrogens with two attached hydrogens (primary N) is 1. The van der Waals surface area contributed by atoms with Crippen LogP contribution in [-0.4, -0.2) is 25.0 Å². The number of carbonyl (C=O) groups is 1. The predicted octanol–water partition coefficient (Wildman–Crippen LogP) is 1.56. The fraction of sp³-hybridized carbons (Fsp3) is 0.417. The van der Waals surface area contributed by atoms with Crippen LogP contribution in [0, 0.1) is 11.7 Å². The molecular formula is C12H13ClFNO2. The first kappa shape index (κ1) is 12.5. The second-order valence-electron chi connectivity index (χ2n) is 4.19. The third kappa shape index (κ3) is 2.83. The summed E-state index contributed by atoms with van der Waals surface area (Å²) in [6.45, 7) is 0.736. The van der Waals surface area contributed by atoms with Gasteiger partial charge in [0.1, 0.15) is 11.6 Å². The van der Waals surface area contributed by atoms with Gasteiger partial charge >= 0.3 is 0 Å². The van der Waals surface area contributed by atoms with Gasteiger partial charge in [0.15, 0.2) is 0 Å². The largest absolute Gasteiger partial charge is 0.379 e. The van der Waals surface area contributed by atoms with E-state index in [0.29, 0.717) is 23.8 Å². The van der Waals surface area contributed by atoms with Gasteiger partial charge in [0, 0.05) is 17.5 Å². The first-order valence-corrected chi connectivity index (χ1v) is 5.75. The summed E-state index contributed by atoms with van der Waals surface area (Å²) in [5, 5.41) is 0.396. The normalized spacial score (nSPS) is 23.9. The molecule has 2 rings (SSSR count). The highest BCUT2D eigenvalue weighted by Gasteiger charge is 2.31. The molecule has 0 amide bonds. The van der Waals surface area contributed by atoms with Crippen LogP contribution in [0.1, 0.15) is 5.56 Å². The highest BCUT2D eigenvalue weighted by atomic mass is 35.5. The highest BCUT2D eigenvalue weighted by Crippen LogP contribution is 2.21. The molecule has 5 heteroatoms. The predicted molar refractivity (Wildman–Crippen MR) is 62.4 cm³/mol. The maximum atomic E-state index is 13.0. The Kier molecular flexibility index (Phi) is 3.76. The molecule has 3 nitrogen and oxygen atoms in total. The van der Waals surface area contributed by atoms with Crippen molar-refractivity contribution in [3.8, 4) is 0 Å². The van der Waals surface area contributed by atoms with Crippen molar-refractivity contribution >= 4 is 17.4 Å². The van der Waals surface area contributed by atoms with Crippen molar-refractivity contribution in [3.05, 3.63) is 34.6 Å². The molecule has 1 aromatic rings. The maximum Gasteiger partial charge on any atom is 0.144 e. The lowest BCUT2D eigenvalue weighted by atomic mass is 9.94. The molecular weight excluding hydrogens is 245 g/mol. The van der Waals surface area contributed by atoms with E-state index in [0.717, 1.165) is 0 Å². The number of hydrogen-bond donors (Lipinski definition) is 1. The number of Topliss-reactive ketones (excluding diaryl/α,β-unsaturated/α-hetero) is 1. The van der Waals surface area contributed by atoms with Gasteiger partial charge < -0.3 is 10.5 Å². The molecule has 0 bridgehead atoms. The van der Waals surface area contributed by atoms with E-state index < -0.39 is 5.82 Å². The van der Waals surface area contributed by atoms with Crippen molar-refractivity contribution in [2.45, 2.75) is 12.5 Å². The lowest BCUT2D eigenvalue weighted by Crippen LogP contribution is -2.34. The third-order valence-electron chi connectivity index (χ3n) is 2.91. The van der Waals surface area contributed by atoms with Gasteiger partial charge in [-0.3, -0.25) is 4.79 Å². The zero-order valence-electron chi connectivity index (χ0n) is 9.16.